The van der Waals surface area contributed by atoms with Crippen molar-refractivity contribution in [2.24, 2.45) is 5.10 Å². The number of nitro groups is 1. The monoisotopic (exact) mass is 441 g/mol. The molecule has 0 saturated carbocycles. The Morgan fingerprint density at radius 3 is 2.62 bits per heavy atom. The van der Waals surface area contributed by atoms with E-state index < -0.39 is 22.3 Å². The van der Waals surface area contributed by atoms with Gasteiger partial charge >= 0.3 is 5.69 Å². The molecule has 0 saturated heterocycles. The van der Waals surface area contributed by atoms with Crippen LogP contribution in [0.5, 0.6) is 11.5 Å². The van der Waals surface area contributed by atoms with Gasteiger partial charge in [0.1, 0.15) is 5.75 Å². The van der Waals surface area contributed by atoms with E-state index in [0.29, 0.717) is 5.56 Å². The zero-order valence-corrected chi connectivity index (χ0v) is 14.6. The van der Waals surface area contributed by atoms with Crippen LogP contribution < -0.4 is 10.2 Å². The number of halogens is 1. The van der Waals surface area contributed by atoms with E-state index in [2.05, 4.69) is 33.1 Å². The van der Waals surface area contributed by atoms with Crippen molar-refractivity contribution in [1.82, 2.24) is 5.43 Å². The summed E-state index contributed by atoms with van der Waals surface area (Å²) in [5.74, 6) is -0.822. The molecule has 8 nitrogen and oxygen atoms in total. The number of carbonyl (C=O) groups excluding carboxylic acids is 1. The average Bonchev–Trinajstić information content (AvgIpc) is 2.56. The molecule has 0 heterocycles. The molecular formula is C15H12IN3O5. The fourth-order valence-electron chi connectivity index (χ4n) is 1.80. The second-order valence-corrected chi connectivity index (χ2v) is 5.79. The van der Waals surface area contributed by atoms with Crippen molar-refractivity contribution in [1.29, 1.82) is 0 Å². The number of hydrogen-bond acceptors (Lipinski definition) is 6. The fourth-order valence-corrected chi connectivity index (χ4v) is 2.16. The number of aromatic hydroxyl groups is 1. The van der Waals surface area contributed by atoms with Gasteiger partial charge in [-0.25, -0.2) is 5.43 Å². The van der Waals surface area contributed by atoms with Gasteiger partial charge in [0.05, 0.1) is 24.3 Å². The van der Waals surface area contributed by atoms with E-state index in [-0.39, 0.29) is 11.3 Å². The minimum atomic E-state index is -0.737. The maximum Gasteiger partial charge on any atom is 0.315 e. The number of hydrazone groups is 1. The quantitative estimate of drug-likeness (QED) is 0.321. The number of nitro benzene ring substituents is 1. The van der Waals surface area contributed by atoms with E-state index in [4.69, 9.17) is 4.74 Å². The van der Waals surface area contributed by atoms with Gasteiger partial charge in [0, 0.05) is 14.7 Å². The molecule has 1 amide bonds. The van der Waals surface area contributed by atoms with Crippen molar-refractivity contribution in [3.8, 4) is 11.5 Å². The van der Waals surface area contributed by atoms with E-state index in [0.717, 1.165) is 15.9 Å². The van der Waals surface area contributed by atoms with Gasteiger partial charge in [-0.3, -0.25) is 14.9 Å². The third kappa shape index (κ3) is 4.19. The highest BCUT2D eigenvalue weighted by molar-refractivity contribution is 14.1. The smallest absolute Gasteiger partial charge is 0.315 e. The predicted molar refractivity (Wildman–Crippen MR) is 95.5 cm³/mol. The minimum Gasteiger partial charge on any atom is -0.502 e. The zero-order chi connectivity index (χ0) is 17.7. The summed E-state index contributed by atoms with van der Waals surface area (Å²) >= 11 is 2.12. The summed E-state index contributed by atoms with van der Waals surface area (Å²) in [6, 6.07) is 9.29. The number of hydrogen-bond donors (Lipinski definition) is 2. The lowest BCUT2D eigenvalue weighted by Crippen LogP contribution is -2.17. The standard InChI is InChI=1S/C15H12IN3O5/c1-24-12-6-10(14(20)13(7-12)19(22)23)8-17-18-15(21)9-2-4-11(16)5-3-9/h2-8,20H,1H3,(H,18,21)/b17-8-. The highest BCUT2D eigenvalue weighted by atomic mass is 127. The molecule has 24 heavy (non-hydrogen) atoms. The first-order chi connectivity index (χ1) is 11.4. The first kappa shape index (κ1) is 17.7. The minimum absolute atomic E-state index is 0.0453. The van der Waals surface area contributed by atoms with Crippen LogP contribution >= 0.6 is 22.6 Å². The largest absolute Gasteiger partial charge is 0.502 e. The molecule has 0 radical (unpaired) electrons. The first-order valence-corrected chi connectivity index (χ1v) is 7.64. The van der Waals surface area contributed by atoms with Gasteiger partial charge in [0.15, 0.2) is 0 Å². The Balaban J connectivity index is 2.19. The van der Waals surface area contributed by atoms with Gasteiger partial charge in [-0.1, -0.05) is 0 Å². The van der Waals surface area contributed by atoms with Crippen LogP contribution in [-0.2, 0) is 0 Å². The van der Waals surface area contributed by atoms with Crippen LogP contribution in [0.3, 0.4) is 0 Å². The maximum atomic E-state index is 11.9. The summed E-state index contributed by atoms with van der Waals surface area (Å²) in [6.45, 7) is 0. The van der Waals surface area contributed by atoms with Gasteiger partial charge in [-0.15, -0.1) is 0 Å². The number of phenolic OH excluding ortho intramolecular Hbond substituents is 1. The van der Waals surface area contributed by atoms with Crippen molar-refractivity contribution >= 4 is 40.4 Å². The molecule has 2 aromatic rings. The topological polar surface area (TPSA) is 114 Å². The van der Waals surface area contributed by atoms with Crippen LogP contribution in [-0.4, -0.2) is 29.3 Å². The zero-order valence-electron chi connectivity index (χ0n) is 12.4. The van der Waals surface area contributed by atoms with Crippen molar-refractivity contribution < 1.29 is 19.6 Å². The number of phenols is 1. The third-order valence-electron chi connectivity index (χ3n) is 3.00. The van der Waals surface area contributed by atoms with Gasteiger partial charge < -0.3 is 9.84 Å². The molecule has 124 valence electrons. The molecule has 0 aliphatic rings. The Morgan fingerprint density at radius 2 is 2.04 bits per heavy atom. The summed E-state index contributed by atoms with van der Waals surface area (Å²) < 4.78 is 5.93. The Labute approximate surface area is 150 Å². The van der Waals surface area contributed by atoms with Crippen LogP contribution in [0, 0.1) is 13.7 Å². The second-order valence-electron chi connectivity index (χ2n) is 4.55. The summed E-state index contributed by atoms with van der Waals surface area (Å²) in [5, 5.41) is 24.5. The third-order valence-corrected chi connectivity index (χ3v) is 3.72. The normalized spacial score (nSPS) is 10.6. The molecule has 2 rings (SSSR count). The Kier molecular flexibility index (Phi) is 5.68. The molecule has 2 aromatic carbocycles. The maximum absolute atomic E-state index is 11.9. The highest BCUT2D eigenvalue weighted by Gasteiger charge is 2.18. The molecule has 0 aliphatic heterocycles. The molecule has 0 aliphatic carbocycles. The molecule has 0 atom stereocenters. The van der Waals surface area contributed by atoms with Gasteiger partial charge in [0.25, 0.3) is 5.91 Å². The highest BCUT2D eigenvalue weighted by Crippen LogP contribution is 2.33. The molecule has 0 fully saturated rings. The van der Waals surface area contributed by atoms with E-state index in [1.54, 1.807) is 24.3 Å². The van der Waals surface area contributed by atoms with Crippen molar-refractivity contribution in [3.63, 3.8) is 0 Å². The number of nitrogens with zero attached hydrogens (tertiary/aromatic N) is 2. The van der Waals surface area contributed by atoms with E-state index in [1.807, 2.05) is 0 Å². The number of amides is 1. The number of carbonyl (C=O) groups is 1. The Hall–Kier alpha value is -2.69. The number of nitrogens with one attached hydrogen (secondary N) is 1. The molecule has 0 aromatic heterocycles. The Bertz CT molecular complexity index is 806. The van der Waals surface area contributed by atoms with Crippen molar-refractivity contribution in [2.75, 3.05) is 7.11 Å². The van der Waals surface area contributed by atoms with Crippen LogP contribution in [0.25, 0.3) is 0 Å². The summed E-state index contributed by atoms with van der Waals surface area (Å²) in [5.41, 5.74) is 2.23. The second kappa shape index (κ2) is 7.73. The van der Waals surface area contributed by atoms with Crippen LogP contribution in [0.2, 0.25) is 0 Å². The van der Waals surface area contributed by atoms with E-state index >= 15 is 0 Å². The predicted octanol–water partition coefficient (Wildman–Crippen LogP) is 2.68. The number of methoxy groups -OCH3 is 1. The number of rotatable bonds is 5. The van der Waals surface area contributed by atoms with Gasteiger partial charge in [0.2, 0.25) is 5.75 Å². The lowest BCUT2D eigenvalue weighted by atomic mass is 10.1. The van der Waals surface area contributed by atoms with E-state index in [1.165, 1.54) is 13.2 Å². The molecule has 0 unspecified atom stereocenters. The van der Waals surface area contributed by atoms with Crippen LogP contribution in [0.1, 0.15) is 15.9 Å². The molecule has 0 spiro atoms. The van der Waals surface area contributed by atoms with Crippen LogP contribution in [0.4, 0.5) is 5.69 Å². The van der Waals surface area contributed by atoms with Crippen molar-refractivity contribution in [3.05, 3.63) is 61.2 Å². The number of ether oxygens (including phenoxy) is 1. The number of benzene rings is 2. The lowest BCUT2D eigenvalue weighted by Gasteiger charge is -2.05. The lowest BCUT2D eigenvalue weighted by molar-refractivity contribution is -0.385. The van der Waals surface area contributed by atoms with Gasteiger partial charge in [-0.05, 0) is 52.9 Å². The van der Waals surface area contributed by atoms with Crippen LogP contribution in [0.15, 0.2) is 41.5 Å². The van der Waals surface area contributed by atoms with E-state index in [9.17, 15) is 20.0 Å². The summed E-state index contributed by atoms with van der Waals surface area (Å²) in [7, 11) is 1.34. The summed E-state index contributed by atoms with van der Waals surface area (Å²) in [4.78, 5) is 22.1. The average molecular weight is 441 g/mol. The molecule has 0 bridgehead atoms. The molecular weight excluding hydrogens is 429 g/mol. The SMILES string of the molecule is COc1cc(/C=N\NC(=O)c2ccc(I)cc2)c(O)c([N+](=O)[O-])c1. The molecule has 2 N–H and O–H groups in total. The van der Waals surface area contributed by atoms with Crippen molar-refractivity contribution in [2.45, 2.75) is 0 Å². The first-order valence-electron chi connectivity index (χ1n) is 6.56. The fraction of sp³-hybridized carbons (Fsp3) is 0.0667. The Morgan fingerprint density at radius 1 is 1.38 bits per heavy atom. The summed E-state index contributed by atoms with van der Waals surface area (Å²) in [6.07, 6.45) is 1.11. The van der Waals surface area contributed by atoms with Gasteiger partial charge in [-0.2, -0.15) is 5.10 Å². The molecule has 9 heteroatoms.